The van der Waals surface area contributed by atoms with Crippen LogP contribution in [0.1, 0.15) is 48.0 Å². The minimum atomic E-state index is -3.89. The normalized spacial score (nSPS) is 15.4. The van der Waals surface area contributed by atoms with Crippen molar-refractivity contribution in [1.82, 2.24) is 8.61 Å². The number of alkyl halides is 1. The monoisotopic (exact) mass is 407 g/mol. The molecule has 8 nitrogen and oxygen atoms in total. The summed E-state index contributed by atoms with van der Waals surface area (Å²) in [6.07, 6.45) is 0.519. The molecule has 2 unspecified atom stereocenters. The van der Waals surface area contributed by atoms with Gasteiger partial charge in [0.2, 0.25) is 10.0 Å². The number of hydrogen-bond acceptors (Lipinski definition) is 5. The molecule has 0 radical (unpaired) electrons. The summed E-state index contributed by atoms with van der Waals surface area (Å²) in [6.45, 7) is 9.75. The smallest absolute Gasteiger partial charge is 0.277 e. The Morgan fingerprint density at radius 2 is 1.48 bits per heavy atom. The van der Waals surface area contributed by atoms with Gasteiger partial charge >= 0.3 is 0 Å². The van der Waals surface area contributed by atoms with Crippen LogP contribution in [0.5, 0.6) is 0 Å². The van der Waals surface area contributed by atoms with Crippen molar-refractivity contribution < 1.29 is 26.3 Å². The molecule has 0 aliphatic heterocycles. The fraction of sp³-hybridized carbons (Fsp3) is 1.00. The highest BCUT2D eigenvalue weighted by Gasteiger charge is 2.25. The summed E-state index contributed by atoms with van der Waals surface area (Å²) in [5.41, 5.74) is 0. The third-order valence-corrected chi connectivity index (χ3v) is 6.17. The van der Waals surface area contributed by atoms with E-state index < -0.39 is 45.6 Å². The molecular weight excluding hydrogens is 373 g/mol. The van der Waals surface area contributed by atoms with Crippen LogP contribution in [0.15, 0.2) is 0 Å². The van der Waals surface area contributed by atoms with Gasteiger partial charge in [-0.3, -0.25) is 0 Å². The number of sulfonamides is 1. The second-order valence-corrected chi connectivity index (χ2v) is 9.82. The summed E-state index contributed by atoms with van der Waals surface area (Å²) in [5, 5.41) is 13.2. The van der Waals surface area contributed by atoms with Gasteiger partial charge in [0.1, 0.15) is 6.17 Å². The van der Waals surface area contributed by atoms with E-state index in [1.807, 2.05) is 27.7 Å². The number of hydrogen-bond donors (Lipinski definition) is 2. The van der Waals surface area contributed by atoms with E-state index in [0.717, 1.165) is 10.7 Å². The molecule has 0 saturated heterocycles. The van der Waals surface area contributed by atoms with E-state index in [2.05, 4.69) is 0 Å². The fourth-order valence-electron chi connectivity index (χ4n) is 2.26. The predicted molar refractivity (Wildman–Crippen MR) is 98.5 cm³/mol. The Kier molecular flexibility index (Phi) is 12.3. The third kappa shape index (κ3) is 11.1. The molecule has 0 fully saturated rings. The Bertz CT molecular complexity index is 567. The zero-order chi connectivity index (χ0) is 20.6. The molecule has 11 heteroatoms. The highest BCUT2D eigenvalue weighted by atomic mass is 32.2. The molecule has 0 spiro atoms. The van der Waals surface area contributed by atoms with Gasteiger partial charge in [-0.05, 0) is 41.0 Å². The lowest BCUT2D eigenvalue weighted by molar-refractivity contribution is 0.148. The Balaban J connectivity index is 0. The third-order valence-electron chi connectivity index (χ3n) is 3.40. The van der Waals surface area contributed by atoms with Crippen LogP contribution >= 0.6 is 0 Å². The summed E-state index contributed by atoms with van der Waals surface area (Å²) in [4.78, 5) is 0. The summed E-state index contributed by atoms with van der Waals surface area (Å²) in [7, 11) is -6.93. The molecule has 0 amide bonds. The van der Waals surface area contributed by atoms with Crippen molar-refractivity contribution >= 4 is 20.2 Å². The minimum Gasteiger partial charge on any atom is -0.393 e. The van der Waals surface area contributed by atoms with Crippen LogP contribution in [0, 0.1) is 0 Å². The van der Waals surface area contributed by atoms with Gasteiger partial charge in [-0.25, -0.2) is 17.9 Å². The van der Waals surface area contributed by atoms with Gasteiger partial charge in [-0.1, -0.05) is 6.92 Å². The average Bonchev–Trinajstić information content (AvgIpc) is 2.41. The van der Waals surface area contributed by atoms with Gasteiger partial charge in [-0.15, -0.1) is 0 Å². The van der Waals surface area contributed by atoms with Crippen LogP contribution in [-0.2, 0) is 20.2 Å². The first-order valence-corrected chi connectivity index (χ1v) is 11.5. The zero-order valence-corrected chi connectivity index (χ0v) is 17.8. The van der Waals surface area contributed by atoms with E-state index in [1.165, 1.54) is 6.26 Å². The molecule has 0 bridgehead atoms. The molecule has 0 aromatic carbocycles. The molecular formula is C14H34FN3O5S2. The molecule has 0 heterocycles. The molecule has 0 aromatic heterocycles. The highest BCUT2D eigenvalue weighted by Crippen LogP contribution is 2.12. The van der Waals surface area contributed by atoms with Crippen molar-refractivity contribution in [2.75, 3.05) is 19.4 Å². The average molecular weight is 408 g/mol. The topological polar surface area (TPSA) is 121 Å². The van der Waals surface area contributed by atoms with E-state index in [9.17, 15) is 21.2 Å². The van der Waals surface area contributed by atoms with Crippen molar-refractivity contribution in [3.63, 3.8) is 0 Å². The van der Waals surface area contributed by atoms with E-state index in [4.69, 9.17) is 10.2 Å². The lowest BCUT2D eigenvalue weighted by atomic mass is 10.2. The maximum Gasteiger partial charge on any atom is 0.277 e. The summed E-state index contributed by atoms with van der Waals surface area (Å²) >= 11 is 0. The molecule has 25 heavy (non-hydrogen) atoms. The SMILES string of the molecule is CC(C)N(CC(F)CO)S(N)(=O)=O.CCC(C)N(C(C)C)S(C)(=O)=O. The number of aliphatic hydroxyl groups is 1. The molecule has 3 N–H and O–H groups in total. The Labute approximate surface area is 152 Å². The van der Waals surface area contributed by atoms with E-state index in [-0.39, 0.29) is 12.1 Å². The van der Waals surface area contributed by atoms with Gasteiger partial charge in [0, 0.05) is 24.7 Å². The molecule has 0 saturated carbocycles. The number of nitrogens with zero attached hydrogens (tertiary/aromatic N) is 2. The number of nitrogens with two attached hydrogens (primary N) is 1. The van der Waals surface area contributed by atoms with Crippen molar-refractivity contribution in [2.24, 2.45) is 5.14 Å². The van der Waals surface area contributed by atoms with Crippen LogP contribution in [0.3, 0.4) is 0 Å². The van der Waals surface area contributed by atoms with Crippen molar-refractivity contribution in [2.45, 2.75) is 72.3 Å². The fourth-order valence-corrected chi connectivity index (χ4v) is 4.79. The second-order valence-electron chi connectivity index (χ2n) is 6.43. The van der Waals surface area contributed by atoms with E-state index in [1.54, 1.807) is 18.2 Å². The van der Waals surface area contributed by atoms with Gasteiger partial charge in [0.15, 0.2) is 0 Å². The summed E-state index contributed by atoms with van der Waals surface area (Å²) in [5.74, 6) is 0. The van der Waals surface area contributed by atoms with E-state index in [0.29, 0.717) is 0 Å². The van der Waals surface area contributed by atoms with Crippen LogP contribution in [-0.4, -0.2) is 74.3 Å². The maximum atomic E-state index is 12.7. The predicted octanol–water partition coefficient (Wildman–Crippen LogP) is 0.686. The number of rotatable bonds is 9. The largest absolute Gasteiger partial charge is 0.393 e. The number of aliphatic hydroxyl groups excluding tert-OH is 1. The van der Waals surface area contributed by atoms with Crippen LogP contribution in [0.25, 0.3) is 0 Å². The highest BCUT2D eigenvalue weighted by molar-refractivity contribution is 7.88. The first kappa shape index (κ1) is 26.9. The maximum absolute atomic E-state index is 12.7. The van der Waals surface area contributed by atoms with Gasteiger partial charge in [0.05, 0.1) is 12.9 Å². The minimum absolute atomic E-state index is 0.0509. The molecule has 0 aliphatic rings. The Hall–Kier alpha value is -0.330. The molecule has 0 rings (SSSR count). The standard InChI is InChI=1S/C8H19NO2S.C6H15FN2O3S/c1-6-8(4)9(7(2)3)12(5,10)11;1-5(2)9(13(8,11)12)3-6(7)4-10/h7-8H,6H2,1-5H3;5-6,10H,3-4H2,1-2H3,(H2,8,11,12). The Morgan fingerprint density at radius 1 is 1.04 bits per heavy atom. The van der Waals surface area contributed by atoms with Crippen molar-refractivity contribution in [3.05, 3.63) is 0 Å². The molecule has 0 aromatic rings. The molecule has 154 valence electrons. The molecule has 2 atom stereocenters. The van der Waals surface area contributed by atoms with Crippen LogP contribution in [0.2, 0.25) is 0 Å². The first-order valence-electron chi connectivity index (χ1n) is 8.12. The van der Waals surface area contributed by atoms with Gasteiger partial charge in [0.25, 0.3) is 10.2 Å². The second kappa shape index (κ2) is 11.4. The number of halogens is 1. The quantitative estimate of drug-likeness (QED) is 0.582. The van der Waals surface area contributed by atoms with E-state index >= 15 is 0 Å². The Morgan fingerprint density at radius 3 is 1.64 bits per heavy atom. The lowest BCUT2D eigenvalue weighted by Crippen LogP contribution is -2.45. The van der Waals surface area contributed by atoms with Gasteiger partial charge in [-0.2, -0.15) is 17.0 Å². The van der Waals surface area contributed by atoms with Crippen molar-refractivity contribution in [1.29, 1.82) is 0 Å². The van der Waals surface area contributed by atoms with Gasteiger partial charge < -0.3 is 5.11 Å². The summed E-state index contributed by atoms with van der Waals surface area (Å²) < 4.78 is 59.4. The van der Waals surface area contributed by atoms with Crippen LogP contribution in [0.4, 0.5) is 4.39 Å². The van der Waals surface area contributed by atoms with Crippen molar-refractivity contribution in [3.8, 4) is 0 Å². The van der Waals surface area contributed by atoms with Crippen LogP contribution < -0.4 is 5.14 Å². The summed E-state index contributed by atoms with van der Waals surface area (Å²) in [6, 6.07) is -0.269. The first-order chi connectivity index (χ1) is 11.1. The molecule has 0 aliphatic carbocycles. The zero-order valence-electron chi connectivity index (χ0n) is 16.2. The lowest BCUT2D eigenvalue weighted by Gasteiger charge is -2.29.